The van der Waals surface area contributed by atoms with Crippen LogP contribution in [0.5, 0.6) is 0 Å². The van der Waals surface area contributed by atoms with Crippen LogP contribution in [0.25, 0.3) is 0 Å². The van der Waals surface area contributed by atoms with Crippen LogP contribution >= 0.6 is 0 Å². The van der Waals surface area contributed by atoms with E-state index in [0.29, 0.717) is 6.42 Å². The van der Waals surface area contributed by atoms with Crippen molar-refractivity contribution in [1.29, 1.82) is 0 Å². The molecule has 1 unspecified atom stereocenters. The molecule has 0 aliphatic heterocycles. The summed E-state index contributed by atoms with van der Waals surface area (Å²) in [6.45, 7) is 2.01. The van der Waals surface area contributed by atoms with Crippen molar-refractivity contribution in [1.82, 2.24) is 0 Å². The molecule has 0 aromatic carbocycles. The number of esters is 1. The van der Waals surface area contributed by atoms with Gasteiger partial charge in [-0.25, -0.2) is 0 Å². The molecule has 1 atom stereocenters. The predicted octanol–water partition coefficient (Wildman–Crippen LogP) is 1.27. The lowest BCUT2D eigenvalue weighted by Gasteiger charge is -2.47. The van der Waals surface area contributed by atoms with E-state index >= 15 is 0 Å². The van der Waals surface area contributed by atoms with Gasteiger partial charge in [0, 0.05) is 6.42 Å². The quantitative estimate of drug-likeness (QED) is 0.523. The molecule has 4 heteroatoms. The van der Waals surface area contributed by atoms with E-state index in [2.05, 4.69) is 0 Å². The van der Waals surface area contributed by atoms with Crippen LogP contribution in [0.15, 0.2) is 0 Å². The molecule has 0 bridgehead atoms. The number of hydrogen-bond acceptors (Lipinski definition) is 4. The Hall–Kier alpha value is -1.19. The van der Waals surface area contributed by atoms with Gasteiger partial charge in [-0.2, -0.15) is 0 Å². The minimum atomic E-state index is -0.682. The molecule has 2 fully saturated rings. The molecule has 16 heavy (non-hydrogen) atoms. The smallest absolute Gasteiger partial charge is 0.317 e. The molecule has 2 saturated carbocycles. The molecule has 0 amide bonds. The standard InChI is InChI=1S/C12H16O4/c1-2-16-11(15)10-9(14)6-8(13)7-12(10)4-3-5-12/h10H,2-7H2,1H3. The Kier molecular flexibility index (Phi) is 2.82. The van der Waals surface area contributed by atoms with Crippen LogP contribution in [0, 0.1) is 11.3 Å². The second-order valence-electron chi connectivity index (χ2n) is 4.76. The van der Waals surface area contributed by atoms with Crippen molar-refractivity contribution in [3.05, 3.63) is 0 Å². The van der Waals surface area contributed by atoms with Crippen LogP contribution in [-0.2, 0) is 19.1 Å². The fourth-order valence-electron chi connectivity index (χ4n) is 2.90. The zero-order valence-corrected chi connectivity index (χ0v) is 9.45. The van der Waals surface area contributed by atoms with Gasteiger partial charge in [0.25, 0.3) is 0 Å². The van der Waals surface area contributed by atoms with Crippen molar-refractivity contribution in [3.63, 3.8) is 0 Å². The maximum Gasteiger partial charge on any atom is 0.317 e. The third kappa shape index (κ3) is 1.66. The first-order valence-corrected chi connectivity index (χ1v) is 5.80. The molecule has 0 radical (unpaired) electrons. The van der Waals surface area contributed by atoms with Gasteiger partial charge in [0.05, 0.1) is 13.0 Å². The first-order chi connectivity index (χ1) is 7.59. The Morgan fingerprint density at radius 3 is 2.62 bits per heavy atom. The molecule has 0 aromatic heterocycles. The van der Waals surface area contributed by atoms with Gasteiger partial charge in [0.15, 0.2) is 5.78 Å². The Balaban J connectivity index is 2.22. The Labute approximate surface area is 94.3 Å². The number of carbonyl (C=O) groups is 3. The third-order valence-corrected chi connectivity index (χ3v) is 3.73. The second kappa shape index (κ2) is 4.00. The van der Waals surface area contributed by atoms with Crippen LogP contribution in [0.4, 0.5) is 0 Å². The van der Waals surface area contributed by atoms with E-state index in [1.807, 2.05) is 0 Å². The van der Waals surface area contributed by atoms with Crippen LogP contribution < -0.4 is 0 Å². The molecule has 0 N–H and O–H groups in total. The molecule has 2 aliphatic carbocycles. The molecule has 88 valence electrons. The van der Waals surface area contributed by atoms with Crippen molar-refractivity contribution < 1.29 is 19.1 Å². The number of carbonyl (C=O) groups excluding carboxylic acids is 3. The molecular weight excluding hydrogens is 208 g/mol. The summed E-state index contributed by atoms with van der Waals surface area (Å²) in [7, 11) is 0. The molecular formula is C12H16O4. The largest absolute Gasteiger partial charge is 0.465 e. The van der Waals surface area contributed by atoms with E-state index in [9.17, 15) is 14.4 Å². The van der Waals surface area contributed by atoms with Crippen LogP contribution in [0.2, 0.25) is 0 Å². The fraction of sp³-hybridized carbons (Fsp3) is 0.750. The van der Waals surface area contributed by atoms with E-state index < -0.39 is 17.3 Å². The van der Waals surface area contributed by atoms with Gasteiger partial charge >= 0.3 is 5.97 Å². The van der Waals surface area contributed by atoms with Crippen LogP contribution in [-0.4, -0.2) is 24.1 Å². The first kappa shape index (κ1) is 11.3. The van der Waals surface area contributed by atoms with Gasteiger partial charge < -0.3 is 4.74 Å². The minimum Gasteiger partial charge on any atom is -0.465 e. The first-order valence-electron chi connectivity index (χ1n) is 5.80. The summed E-state index contributed by atoms with van der Waals surface area (Å²) in [5.74, 6) is -1.38. The summed E-state index contributed by atoms with van der Waals surface area (Å²) in [6.07, 6.45) is 2.88. The predicted molar refractivity (Wildman–Crippen MR) is 55.7 cm³/mol. The summed E-state index contributed by atoms with van der Waals surface area (Å²) in [5.41, 5.74) is -0.390. The van der Waals surface area contributed by atoms with E-state index in [-0.39, 0.29) is 24.6 Å². The normalized spacial score (nSPS) is 27.7. The van der Waals surface area contributed by atoms with Crippen molar-refractivity contribution in [3.8, 4) is 0 Å². The monoisotopic (exact) mass is 224 g/mol. The van der Waals surface area contributed by atoms with Gasteiger partial charge in [-0.3, -0.25) is 14.4 Å². The molecule has 4 nitrogen and oxygen atoms in total. The van der Waals surface area contributed by atoms with Crippen molar-refractivity contribution in [2.24, 2.45) is 11.3 Å². The molecule has 0 saturated heterocycles. The van der Waals surface area contributed by atoms with Gasteiger partial charge in [-0.15, -0.1) is 0 Å². The Morgan fingerprint density at radius 1 is 1.44 bits per heavy atom. The SMILES string of the molecule is CCOC(=O)C1C(=O)CC(=O)CC12CCC2. The summed E-state index contributed by atoms with van der Waals surface area (Å²) in [5, 5.41) is 0. The summed E-state index contributed by atoms with van der Waals surface area (Å²) >= 11 is 0. The molecule has 0 aromatic rings. The van der Waals surface area contributed by atoms with Gasteiger partial charge in [-0.1, -0.05) is 6.42 Å². The maximum absolute atomic E-state index is 11.8. The number of ether oxygens (including phenoxy) is 1. The minimum absolute atomic E-state index is 0.0229. The van der Waals surface area contributed by atoms with E-state index in [0.717, 1.165) is 19.3 Å². The van der Waals surface area contributed by atoms with Gasteiger partial charge in [-0.05, 0) is 25.2 Å². The maximum atomic E-state index is 11.8. The van der Waals surface area contributed by atoms with E-state index in [1.165, 1.54) is 0 Å². The number of hydrogen-bond donors (Lipinski definition) is 0. The van der Waals surface area contributed by atoms with E-state index in [4.69, 9.17) is 4.74 Å². The van der Waals surface area contributed by atoms with Gasteiger partial charge in [0.2, 0.25) is 0 Å². The highest BCUT2D eigenvalue weighted by molar-refractivity contribution is 6.11. The molecule has 2 aliphatic rings. The summed E-state index contributed by atoms with van der Waals surface area (Å²) < 4.78 is 4.95. The highest BCUT2D eigenvalue weighted by atomic mass is 16.5. The average Bonchev–Trinajstić information content (AvgIpc) is 2.14. The third-order valence-electron chi connectivity index (χ3n) is 3.73. The average molecular weight is 224 g/mol. The molecule has 1 spiro atoms. The number of Topliss-reactive ketones (excluding diaryl/α,β-unsaturated/α-hetero) is 2. The highest BCUT2D eigenvalue weighted by Gasteiger charge is 2.55. The Bertz CT molecular complexity index is 341. The summed E-state index contributed by atoms with van der Waals surface area (Å²) in [4.78, 5) is 35.0. The lowest BCUT2D eigenvalue weighted by atomic mass is 9.54. The highest BCUT2D eigenvalue weighted by Crippen LogP contribution is 2.53. The van der Waals surface area contributed by atoms with Crippen molar-refractivity contribution >= 4 is 17.5 Å². The van der Waals surface area contributed by atoms with Crippen LogP contribution in [0.3, 0.4) is 0 Å². The topological polar surface area (TPSA) is 60.4 Å². The number of rotatable bonds is 2. The zero-order valence-electron chi connectivity index (χ0n) is 9.45. The fourth-order valence-corrected chi connectivity index (χ4v) is 2.90. The zero-order chi connectivity index (χ0) is 11.8. The molecule has 2 rings (SSSR count). The van der Waals surface area contributed by atoms with Gasteiger partial charge in [0.1, 0.15) is 11.7 Å². The van der Waals surface area contributed by atoms with Crippen molar-refractivity contribution in [2.45, 2.75) is 39.0 Å². The van der Waals surface area contributed by atoms with E-state index in [1.54, 1.807) is 6.92 Å². The summed E-state index contributed by atoms with van der Waals surface area (Å²) in [6, 6.07) is 0. The lowest BCUT2D eigenvalue weighted by Crippen LogP contribution is -2.51. The number of ketones is 2. The Morgan fingerprint density at radius 2 is 2.12 bits per heavy atom. The molecule has 0 heterocycles. The lowest BCUT2D eigenvalue weighted by molar-refractivity contribution is -0.165. The second-order valence-corrected chi connectivity index (χ2v) is 4.76. The van der Waals surface area contributed by atoms with Crippen molar-refractivity contribution in [2.75, 3.05) is 6.61 Å². The van der Waals surface area contributed by atoms with Crippen LogP contribution in [0.1, 0.15) is 39.0 Å².